The van der Waals surface area contributed by atoms with Gasteiger partial charge in [0.25, 0.3) is 11.9 Å². The smallest absolute Gasteiger partial charge is 0.281 e. The third kappa shape index (κ3) is 3.35. The summed E-state index contributed by atoms with van der Waals surface area (Å²) >= 11 is 0. The Morgan fingerprint density at radius 1 is 1.50 bits per heavy atom. The highest BCUT2D eigenvalue weighted by atomic mass is 16.7. The van der Waals surface area contributed by atoms with Crippen molar-refractivity contribution >= 4 is 11.9 Å². The normalized spacial score (nSPS) is 25.5. The van der Waals surface area contributed by atoms with Gasteiger partial charge in [-0.25, -0.2) is 10.1 Å². The summed E-state index contributed by atoms with van der Waals surface area (Å²) in [5.41, 5.74) is 0.382. The summed E-state index contributed by atoms with van der Waals surface area (Å²) in [5, 5.41) is 13.6. The first-order chi connectivity index (χ1) is 11.6. The molecule has 9 heteroatoms. The summed E-state index contributed by atoms with van der Waals surface area (Å²) in [6.45, 7) is 4.88. The minimum Gasteiger partial charge on any atom is -0.381 e. The van der Waals surface area contributed by atoms with Crippen LogP contribution in [-0.2, 0) is 4.74 Å². The van der Waals surface area contributed by atoms with E-state index < -0.39 is 5.03 Å². The predicted molar refractivity (Wildman–Crippen MR) is 84.7 cm³/mol. The van der Waals surface area contributed by atoms with Crippen molar-refractivity contribution in [2.24, 2.45) is 16.9 Å². The lowest BCUT2D eigenvalue weighted by Gasteiger charge is -2.23. The van der Waals surface area contributed by atoms with Gasteiger partial charge in [-0.1, -0.05) is 6.92 Å². The third-order valence-corrected chi connectivity index (χ3v) is 4.41. The lowest BCUT2D eigenvalue weighted by atomic mass is 9.98. The Morgan fingerprint density at radius 3 is 2.96 bits per heavy atom. The van der Waals surface area contributed by atoms with Crippen molar-refractivity contribution in [3.05, 3.63) is 40.2 Å². The van der Waals surface area contributed by atoms with Crippen LogP contribution in [-0.4, -0.2) is 64.5 Å². The fourth-order valence-corrected chi connectivity index (χ4v) is 3.01. The highest BCUT2D eigenvalue weighted by Crippen LogP contribution is 2.23. The molecular weight excluding hydrogens is 314 g/mol. The van der Waals surface area contributed by atoms with Gasteiger partial charge in [0.2, 0.25) is 0 Å². The van der Waals surface area contributed by atoms with Crippen molar-refractivity contribution in [3.8, 4) is 0 Å². The first-order valence-corrected chi connectivity index (χ1v) is 7.84. The van der Waals surface area contributed by atoms with Crippen LogP contribution in [0.4, 0.5) is 0 Å². The SMILES string of the molecule is CC1COCC1CN1CCN(C(=O)c2cccnc2)C1=N[N+](=O)[O-]. The maximum absolute atomic E-state index is 12.6. The molecule has 2 aliphatic rings. The van der Waals surface area contributed by atoms with E-state index in [0.29, 0.717) is 44.3 Å². The summed E-state index contributed by atoms with van der Waals surface area (Å²) in [7, 11) is 0. The van der Waals surface area contributed by atoms with Crippen LogP contribution in [0.5, 0.6) is 0 Å². The van der Waals surface area contributed by atoms with Crippen molar-refractivity contribution in [1.82, 2.24) is 14.8 Å². The van der Waals surface area contributed by atoms with E-state index in [-0.39, 0.29) is 17.8 Å². The van der Waals surface area contributed by atoms with Crippen molar-refractivity contribution in [1.29, 1.82) is 0 Å². The van der Waals surface area contributed by atoms with Crippen LogP contribution >= 0.6 is 0 Å². The number of ether oxygens (including phenoxy) is 1. The largest absolute Gasteiger partial charge is 0.381 e. The Labute approximate surface area is 139 Å². The van der Waals surface area contributed by atoms with Gasteiger partial charge < -0.3 is 9.64 Å². The molecule has 3 heterocycles. The first kappa shape index (κ1) is 16.3. The Kier molecular flexibility index (Phi) is 4.70. The minimum atomic E-state index is -0.758. The first-order valence-electron chi connectivity index (χ1n) is 7.84. The van der Waals surface area contributed by atoms with Crippen LogP contribution < -0.4 is 0 Å². The van der Waals surface area contributed by atoms with Crippen LogP contribution in [0.1, 0.15) is 17.3 Å². The number of nitrogens with zero attached hydrogens (tertiary/aromatic N) is 5. The molecule has 2 fully saturated rings. The van der Waals surface area contributed by atoms with Gasteiger partial charge in [0.1, 0.15) is 5.10 Å². The number of hydrazone groups is 1. The molecular formula is C15H19N5O4. The zero-order chi connectivity index (χ0) is 17.1. The molecule has 2 aliphatic heterocycles. The highest BCUT2D eigenvalue weighted by molar-refractivity contribution is 6.06. The highest BCUT2D eigenvalue weighted by Gasteiger charge is 2.37. The summed E-state index contributed by atoms with van der Waals surface area (Å²) < 4.78 is 5.45. The number of guanidine groups is 1. The van der Waals surface area contributed by atoms with Crippen molar-refractivity contribution in [2.45, 2.75) is 6.92 Å². The molecule has 2 atom stereocenters. The van der Waals surface area contributed by atoms with Gasteiger partial charge in [0.05, 0.1) is 12.2 Å². The molecule has 1 aromatic rings. The molecule has 1 amide bonds. The van der Waals surface area contributed by atoms with Crippen LogP contribution in [0.25, 0.3) is 0 Å². The molecule has 0 N–H and O–H groups in total. The number of aromatic nitrogens is 1. The van der Waals surface area contributed by atoms with E-state index >= 15 is 0 Å². The molecule has 2 saturated heterocycles. The topological polar surface area (TPSA) is 101 Å². The molecule has 0 saturated carbocycles. The molecule has 9 nitrogen and oxygen atoms in total. The van der Waals surface area contributed by atoms with Crippen LogP contribution in [0.2, 0.25) is 0 Å². The fourth-order valence-electron chi connectivity index (χ4n) is 3.01. The third-order valence-electron chi connectivity index (χ3n) is 4.41. The maximum Gasteiger partial charge on any atom is 0.281 e. The number of hydrogen-bond acceptors (Lipinski definition) is 5. The summed E-state index contributed by atoms with van der Waals surface area (Å²) in [6.07, 6.45) is 3.02. The molecule has 0 bridgehead atoms. The molecule has 3 rings (SSSR count). The number of carbonyl (C=O) groups excluding carboxylic acids is 1. The molecule has 24 heavy (non-hydrogen) atoms. The lowest BCUT2D eigenvalue weighted by molar-refractivity contribution is -0.486. The molecule has 0 aliphatic carbocycles. The standard InChI is InChI=1S/C15H19N5O4/c1-11-9-24-10-13(11)8-18-5-6-19(15(18)17-20(22)23)14(21)12-3-2-4-16-7-12/h2-4,7,11,13H,5-6,8-10H2,1H3. The van der Waals surface area contributed by atoms with Gasteiger partial charge in [-0.15, -0.1) is 0 Å². The number of pyridine rings is 1. The number of hydrogen-bond donors (Lipinski definition) is 0. The zero-order valence-corrected chi connectivity index (χ0v) is 13.4. The second-order valence-corrected chi connectivity index (χ2v) is 6.06. The van der Waals surface area contributed by atoms with Gasteiger partial charge in [0.15, 0.2) is 5.03 Å². The second-order valence-electron chi connectivity index (χ2n) is 6.06. The number of amides is 1. The predicted octanol–water partition coefficient (Wildman–Crippen LogP) is 0.670. The van der Waals surface area contributed by atoms with Crippen molar-refractivity contribution < 1.29 is 14.6 Å². The van der Waals surface area contributed by atoms with Crippen LogP contribution in [0.15, 0.2) is 29.6 Å². The fraction of sp³-hybridized carbons (Fsp3) is 0.533. The van der Waals surface area contributed by atoms with Crippen molar-refractivity contribution in [3.63, 3.8) is 0 Å². The van der Waals surface area contributed by atoms with E-state index in [1.54, 1.807) is 23.2 Å². The molecule has 0 spiro atoms. The van der Waals surface area contributed by atoms with E-state index in [0.717, 1.165) is 0 Å². The number of carbonyl (C=O) groups is 1. The van der Waals surface area contributed by atoms with Crippen LogP contribution in [0.3, 0.4) is 0 Å². The Hall–Kier alpha value is -2.55. The van der Waals surface area contributed by atoms with Gasteiger partial charge in [-0.05, 0) is 18.1 Å². The van der Waals surface area contributed by atoms with Crippen molar-refractivity contribution in [2.75, 3.05) is 32.8 Å². The summed E-state index contributed by atoms with van der Waals surface area (Å²) in [6, 6.07) is 3.29. The minimum absolute atomic E-state index is 0.0907. The van der Waals surface area contributed by atoms with E-state index in [9.17, 15) is 14.9 Å². The summed E-state index contributed by atoms with van der Waals surface area (Å²) in [5.74, 6) is 0.412. The molecule has 2 unspecified atom stereocenters. The number of rotatable bonds is 4. The average Bonchev–Trinajstić information content (AvgIpc) is 3.15. The molecule has 1 aromatic heterocycles. The van der Waals surface area contributed by atoms with Gasteiger partial charge in [-0.2, -0.15) is 0 Å². The molecule has 0 radical (unpaired) electrons. The van der Waals surface area contributed by atoms with E-state index in [1.165, 1.54) is 11.1 Å². The quantitative estimate of drug-likeness (QED) is 0.593. The Bertz CT molecular complexity index is 651. The Morgan fingerprint density at radius 2 is 2.33 bits per heavy atom. The maximum atomic E-state index is 12.6. The van der Waals surface area contributed by atoms with E-state index in [2.05, 4.69) is 17.0 Å². The Balaban J connectivity index is 1.80. The lowest BCUT2D eigenvalue weighted by Crippen LogP contribution is -2.41. The molecule has 0 aromatic carbocycles. The average molecular weight is 333 g/mol. The van der Waals surface area contributed by atoms with Gasteiger partial charge in [0, 0.05) is 44.6 Å². The zero-order valence-electron chi connectivity index (χ0n) is 13.4. The van der Waals surface area contributed by atoms with E-state index in [1.807, 2.05) is 0 Å². The molecule has 128 valence electrons. The monoisotopic (exact) mass is 333 g/mol. The second kappa shape index (κ2) is 6.91. The van der Waals surface area contributed by atoms with Gasteiger partial charge >= 0.3 is 0 Å². The summed E-state index contributed by atoms with van der Waals surface area (Å²) in [4.78, 5) is 30.6. The van der Waals surface area contributed by atoms with Crippen LogP contribution in [0, 0.1) is 22.0 Å². The van der Waals surface area contributed by atoms with Gasteiger partial charge in [-0.3, -0.25) is 14.7 Å². The van der Waals surface area contributed by atoms with E-state index in [4.69, 9.17) is 4.74 Å². The number of nitro groups is 1.